The van der Waals surface area contributed by atoms with Crippen LogP contribution in [0.3, 0.4) is 0 Å². The van der Waals surface area contributed by atoms with Crippen LogP contribution in [0.15, 0.2) is 54.6 Å². The monoisotopic (exact) mass is 291 g/mol. The van der Waals surface area contributed by atoms with Crippen molar-refractivity contribution in [3.63, 3.8) is 0 Å². The van der Waals surface area contributed by atoms with E-state index >= 15 is 0 Å². The summed E-state index contributed by atoms with van der Waals surface area (Å²) in [5.41, 5.74) is 2.59. The molecule has 0 aromatic heterocycles. The summed E-state index contributed by atoms with van der Waals surface area (Å²) in [6, 6.07) is 15.1. The van der Waals surface area contributed by atoms with Crippen LogP contribution in [0, 0.1) is 5.82 Å². The van der Waals surface area contributed by atoms with E-state index < -0.39 is 5.91 Å². The van der Waals surface area contributed by atoms with Gasteiger partial charge in [-0.1, -0.05) is 24.3 Å². The van der Waals surface area contributed by atoms with E-state index in [0.717, 1.165) is 16.5 Å². The average Bonchev–Trinajstić information content (AvgIpc) is 2.52. The molecule has 0 unspecified atom stereocenters. The van der Waals surface area contributed by atoms with Crippen molar-refractivity contribution in [2.24, 2.45) is 0 Å². The van der Waals surface area contributed by atoms with E-state index in [-0.39, 0.29) is 11.7 Å². The molecular weight excluding hydrogens is 281 g/mol. The zero-order chi connectivity index (χ0) is 15.3. The smallest absolute Gasteiger partial charge is 0.258 e. The second kappa shape index (κ2) is 4.49. The summed E-state index contributed by atoms with van der Waals surface area (Å²) in [6.45, 7) is 0. The van der Waals surface area contributed by atoms with E-state index in [9.17, 15) is 14.0 Å². The maximum absolute atomic E-state index is 13.1. The molecule has 0 atom stereocenters. The first-order valence-electron chi connectivity index (χ1n) is 6.82. The van der Waals surface area contributed by atoms with Crippen LogP contribution in [0.4, 0.5) is 4.39 Å². The topological polar surface area (TPSA) is 46.2 Å². The molecule has 1 N–H and O–H groups in total. The summed E-state index contributed by atoms with van der Waals surface area (Å²) >= 11 is 0. The quantitative estimate of drug-likeness (QED) is 0.697. The molecule has 106 valence electrons. The number of nitrogens with one attached hydrogen (secondary N) is 1. The fourth-order valence-electron chi connectivity index (χ4n) is 2.84. The van der Waals surface area contributed by atoms with Crippen molar-refractivity contribution >= 4 is 22.6 Å². The molecule has 3 aromatic carbocycles. The van der Waals surface area contributed by atoms with Crippen LogP contribution in [-0.2, 0) is 0 Å². The number of halogens is 1. The first-order chi connectivity index (χ1) is 10.6. The number of amides is 2. The van der Waals surface area contributed by atoms with E-state index in [0.29, 0.717) is 16.5 Å². The number of imide groups is 1. The van der Waals surface area contributed by atoms with E-state index in [1.807, 2.05) is 12.1 Å². The number of rotatable bonds is 1. The number of hydrogen-bond donors (Lipinski definition) is 1. The molecular formula is C18H10FNO2. The zero-order valence-corrected chi connectivity index (χ0v) is 11.4. The lowest BCUT2D eigenvalue weighted by molar-refractivity contribution is 0.0845. The highest BCUT2D eigenvalue weighted by molar-refractivity contribution is 6.26. The number of hydrogen-bond acceptors (Lipinski definition) is 2. The van der Waals surface area contributed by atoms with Crippen molar-refractivity contribution in [1.82, 2.24) is 5.32 Å². The highest BCUT2D eigenvalue weighted by Gasteiger charge is 2.25. The molecule has 1 heterocycles. The summed E-state index contributed by atoms with van der Waals surface area (Å²) in [4.78, 5) is 24.0. The van der Waals surface area contributed by atoms with Crippen LogP contribution in [0.5, 0.6) is 0 Å². The Morgan fingerprint density at radius 1 is 0.773 bits per heavy atom. The van der Waals surface area contributed by atoms with Crippen molar-refractivity contribution < 1.29 is 14.0 Å². The van der Waals surface area contributed by atoms with E-state index in [4.69, 9.17) is 0 Å². The van der Waals surface area contributed by atoms with Gasteiger partial charge in [-0.25, -0.2) is 4.39 Å². The maximum atomic E-state index is 13.1. The van der Waals surface area contributed by atoms with Gasteiger partial charge in [0.15, 0.2) is 0 Å². The average molecular weight is 291 g/mol. The van der Waals surface area contributed by atoms with Gasteiger partial charge in [-0.05, 0) is 46.8 Å². The summed E-state index contributed by atoms with van der Waals surface area (Å²) in [5.74, 6) is -1.09. The highest BCUT2D eigenvalue weighted by Crippen LogP contribution is 2.32. The van der Waals surface area contributed by atoms with Gasteiger partial charge in [0.25, 0.3) is 11.8 Å². The minimum absolute atomic E-state index is 0.309. The minimum Gasteiger partial charge on any atom is -0.288 e. The first kappa shape index (κ1) is 12.7. The van der Waals surface area contributed by atoms with Gasteiger partial charge in [0.05, 0.1) is 0 Å². The van der Waals surface area contributed by atoms with Gasteiger partial charge >= 0.3 is 0 Å². The lowest BCUT2D eigenvalue weighted by Gasteiger charge is -2.18. The summed E-state index contributed by atoms with van der Waals surface area (Å²) in [6.07, 6.45) is 0. The Hall–Kier alpha value is -3.01. The molecule has 1 aliphatic rings. The van der Waals surface area contributed by atoms with Gasteiger partial charge in [0.1, 0.15) is 5.82 Å². The Morgan fingerprint density at radius 2 is 1.50 bits per heavy atom. The second-order valence-electron chi connectivity index (χ2n) is 5.22. The van der Waals surface area contributed by atoms with Crippen LogP contribution in [0.25, 0.3) is 21.9 Å². The third-order valence-electron chi connectivity index (χ3n) is 3.87. The Bertz CT molecular complexity index is 945. The zero-order valence-electron chi connectivity index (χ0n) is 11.4. The van der Waals surface area contributed by atoms with Crippen molar-refractivity contribution in [2.45, 2.75) is 0 Å². The predicted molar refractivity (Wildman–Crippen MR) is 81.1 cm³/mol. The molecule has 0 bridgehead atoms. The molecule has 22 heavy (non-hydrogen) atoms. The van der Waals surface area contributed by atoms with E-state index in [1.54, 1.807) is 30.3 Å². The van der Waals surface area contributed by atoms with Crippen LogP contribution in [0.1, 0.15) is 20.7 Å². The van der Waals surface area contributed by atoms with E-state index in [1.165, 1.54) is 12.1 Å². The summed E-state index contributed by atoms with van der Waals surface area (Å²) in [5, 5.41) is 3.83. The van der Waals surface area contributed by atoms with Crippen molar-refractivity contribution in [3.05, 3.63) is 71.5 Å². The Labute approximate surface area is 125 Å². The Morgan fingerprint density at radius 3 is 2.27 bits per heavy atom. The lowest BCUT2D eigenvalue weighted by Crippen LogP contribution is -2.34. The molecule has 4 rings (SSSR count). The molecule has 0 aliphatic carbocycles. The summed E-state index contributed by atoms with van der Waals surface area (Å²) < 4.78 is 13.1. The molecule has 0 saturated carbocycles. The fraction of sp³-hybridized carbons (Fsp3) is 0. The van der Waals surface area contributed by atoms with Crippen molar-refractivity contribution in [2.75, 3.05) is 0 Å². The molecule has 3 nitrogen and oxygen atoms in total. The van der Waals surface area contributed by atoms with Crippen LogP contribution in [0.2, 0.25) is 0 Å². The minimum atomic E-state index is -0.405. The Balaban J connectivity index is 2.03. The molecule has 3 aromatic rings. The van der Waals surface area contributed by atoms with Gasteiger partial charge in [-0.2, -0.15) is 0 Å². The number of benzene rings is 3. The standard InChI is InChI=1S/C18H10FNO2/c19-13-6-4-10(5-7-13)12-8-11-2-1-3-14-16(11)15(9-12)18(22)20-17(14)21/h1-9H,(H,20,21,22). The van der Waals surface area contributed by atoms with Crippen LogP contribution < -0.4 is 5.32 Å². The molecule has 2 amide bonds. The molecule has 1 aliphatic heterocycles. The third-order valence-corrected chi connectivity index (χ3v) is 3.87. The van der Waals surface area contributed by atoms with Gasteiger partial charge in [0, 0.05) is 16.5 Å². The first-order valence-corrected chi connectivity index (χ1v) is 6.82. The molecule has 0 fully saturated rings. The van der Waals surface area contributed by atoms with Crippen LogP contribution >= 0.6 is 0 Å². The second-order valence-corrected chi connectivity index (χ2v) is 5.22. The van der Waals surface area contributed by atoms with E-state index in [2.05, 4.69) is 5.32 Å². The van der Waals surface area contributed by atoms with Gasteiger partial charge < -0.3 is 0 Å². The fourth-order valence-corrected chi connectivity index (χ4v) is 2.84. The number of carbonyl (C=O) groups excluding carboxylic acids is 2. The predicted octanol–water partition coefficient (Wildman–Crippen LogP) is 3.53. The Kier molecular flexibility index (Phi) is 2.60. The molecule has 4 heteroatoms. The van der Waals surface area contributed by atoms with Gasteiger partial charge in [0.2, 0.25) is 0 Å². The lowest BCUT2D eigenvalue weighted by atomic mass is 9.91. The highest BCUT2D eigenvalue weighted by atomic mass is 19.1. The summed E-state index contributed by atoms with van der Waals surface area (Å²) in [7, 11) is 0. The molecule has 0 radical (unpaired) electrons. The maximum Gasteiger partial charge on any atom is 0.258 e. The number of carbonyl (C=O) groups is 2. The van der Waals surface area contributed by atoms with Crippen LogP contribution in [-0.4, -0.2) is 11.8 Å². The largest absolute Gasteiger partial charge is 0.288 e. The van der Waals surface area contributed by atoms with Gasteiger partial charge in [-0.3, -0.25) is 14.9 Å². The SMILES string of the molecule is O=C1NC(=O)c2cc(-c3ccc(F)cc3)cc3cccc1c23. The van der Waals surface area contributed by atoms with Gasteiger partial charge in [-0.15, -0.1) is 0 Å². The molecule has 0 saturated heterocycles. The molecule has 0 spiro atoms. The third kappa shape index (κ3) is 1.81. The van der Waals surface area contributed by atoms with Crippen molar-refractivity contribution in [1.29, 1.82) is 0 Å². The van der Waals surface area contributed by atoms with Crippen molar-refractivity contribution in [3.8, 4) is 11.1 Å². The normalized spacial score (nSPS) is 13.3.